The zero-order valence-electron chi connectivity index (χ0n) is 26.3. The minimum atomic E-state index is -4.67. The van der Waals surface area contributed by atoms with Crippen molar-refractivity contribution in [3.8, 4) is 11.4 Å². The van der Waals surface area contributed by atoms with Gasteiger partial charge in [-0.3, -0.25) is 9.53 Å². The van der Waals surface area contributed by atoms with E-state index < -0.39 is 18.1 Å². The van der Waals surface area contributed by atoms with Crippen molar-refractivity contribution in [2.24, 2.45) is 5.41 Å². The molecule has 3 aromatic heterocycles. The summed E-state index contributed by atoms with van der Waals surface area (Å²) in [6.45, 7) is 10.3. The molecule has 7 rings (SSSR count). The van der Waals surface area contributed by atoms with Gasteiger partial charge >= 0.3 is 12.5 Å². The highest BCUT2D eigenvalue weighted by Crippen LogP contribution is 2.43. The van der Waals surface area contributed by atoms with Gasteiger partial charge in [-0.15, -0.1) is 13.2 Å². The Balaban J connectivity index is 0.997. The normalized spacial score (nSPS) is 20.5. The number of aromatic nitrogens is 4. The number of fused-ring (bicyclic) bond motifs is 1. The topological polar surface area (TPSA) is 127 Å². The van der Waals surface area contributed by atoms with Crippen LogP contribution < -0.4 is 10.2 Å². The Labute approximate surface area is 267 Å². The number of nitrogens with one attached hydrogen (secondary N) is 1. The first-order valence-electron chi connectivity index (χ1n) is 15.3. The first-order valence-corrected chi connectivity index (χ1v) is 15.3. The number of rotatable bonds is 6. The molecule has 0 unspecified atom stereocenters. The van der Waals surface area contributed by atoms with E-state index in [0.717, 1.165) is 24.3 Å². The summed E-state index contributed by atoms with van der Waals surface area (Å²) >= 11 is 0. The Bertz CT molecular complexity index is 1840. The number of likely N-dealkylation sites (tertiary alicyclic amines) is 1. The van der Waals surface area contributed by atoms with E-state index in [4.69, 9.17) is 9.26 Å². The Hall–Kier alpha value is -4.66. The number of pyridine rings is 1. The van der Waals surface area contributed by atoms with Gasteiger partial charge in [0.25, 0.3) is 5.91 Å². The Morgan fingerprint density at radius 2 is 1.81 bits per heavy atom. The van der Waals surface area contributed by atoms with Gasteiger partial charge in [-0.25, -0.2) is 9.31 Å². The molecule has 47 heavy (non-hydrogen) atoms. The monoisotopic (exact) mass is 653 g/mol. The van der Waals surface area contributed by atoms with Gasteiger partial charge in [-0.2, -0.15) is 10.1 Å². The van der Waals surface area contributed by atoms with E-state index >= 15 is 0 Å². The molecule has 2 saturated heterocycles. The molecule has 1 aromatic carbocycles. The van der Waals surface area contributed by atoms with Gasteiger partial charge in [0.15, 0.2) is 0 Å². The van der Waals surface area contributed by atoms with Crippen molar-refractivity contribution in [3.05, 3.63) is 59.7 Å². The summed E-state index contributed by atoms with van der Waals surface area (Å²) in [7, 11) is 0. The number of halogens is 3. The van der Waals surface area contributed by atoms with Gasteiger partial charge in [-0.05, 0) is 64.3 Å². The number of carbonyl (C=O) groups excluding carboxylic acids is 2. The highest BCUT2D eigenvalue weighted by atomic mass is 19.4. The lowest BCUT2D eigenvalue weighted by molar-refractivity contribution is -0.352. The second-order valence-corrected chi connectivity index (χ2v) is 13.8. The summed E-state index contributed by atoms with van der Waals surface area (Å²) in [4.78, 5) is 34.2. The lowest BCUT2D eigenvalue weighted by Gasteiger charge is -2.60. The summed E-state index contributed by atoms with van der Waals surface area (Å²) < 4.78 is 53.9. The van der Waals surface area contributed by atoms with Crippen LogP contribution in [0.3, 0.4) is 0 Å². The molecule has 1 saturated carbocycles. The van der Waals surface area contributed by atoms with Crippen molar-refractivity contribution < 1.29 is 36.8 Å². The molecule has 0 bridgehead atoms. The molecule has 1 aliphatic carbocycles. The highest BCUT2D eigenvalue weighted by Gasteiger charge is 2.54. The summed E-state index contributed by atoms with van der Waals surface area (Å²) in [6.07, 6.45) is -2.26. The predicted molar refractivity (Wildman–Crippen MR) is 163 cm³/mol. The highest BCUT2D eigenvalue weighted by molar-refractivity contribution is 6.09. The fraction of sp³-hybridized carbons (Fsp3) is 0.469. The van der Waals surface area contributed by atoms with Crippen molar-refractivity contribution in [1.82, 2.24) is 24.7 Å². The number of carbonyl (C=O) groups is 2. The van der Waals surface area contributed by atoms with E-state index in [9.17, 15) is 22.8 Å². The second kappa shape index (κ2) is 11.0. The maximum Gasteiger partial charge on any atom is 0.522 e. The number of alkyl halides is 3. The van der Waals surface area contributed by atoms with Crippen molar-refractivity contribution in [3.63, 3.8) is 0 Å². The third-order valence-corrected chi connectivity index (χ3v) is 8.80. The maximum absolute atomic E-state index is 13.5. The molecular formula is C32H34F3N7O5. The quantitative estimate of drug-likeness (QED) is 0.275. The van der Waals surface area contributed by atoms with Gasteiger partial charge < -0.3 is 24.4 Å². The largest absolute Gasteiger partial charge is 0.522 e. The van der Waals surface area contributed by atoms with Gasteiger partial charge in [0.1, 0.15) is 5.60 Å². The van der Waals surface area contributed by atoms with Crippen LogP contribution in [0.5, 0.6) is 0 Å². The average molecular weight is 654 g/mol. The van der Waals surface area contributed by atoms with E-state index in [0.29, 0.717) is 35.4 Å². The summed E-state index contributed by atoms with van der Waals surface area (Å²) in [5, 5.41) is 11.3. The number of nitrogens with zero attached hydrogens (tertiary/aromatic N) is 6. The van der Waals surface area contributed by atoms with Crippen molar-refractivity contribution in [2.45, 2.75) is 64.5 Å². The lowest BCUT2D eigenvalue weighted by Crippen LogP contribution is -2.73. The van der Waals surface area contributed by atoms with Gasteiger partial charge in [0.05, 0.1) is 23.4 Å². The number of hydrogen-bond donors (Lipinski definition) is 1. The number of ether oxygens (including phenoxy) is 2. The molecule has 248 valence electrons. The minimum Gasteiger partial charge on any atom is -0.444 e. The predicted octanol–water partition coefficient (Wildman–Crippen LogP) is 5.78. The van der Waals surface area contributed by atoms with Crippen LogP contribution in [-0.2, 0) is 9.47 Å². The Morgan fingerprint density at radius 3 is 2.51 bits per heavy atom. The van der Waals surface area contributed by atoms with Crippen LogP contribution in [-0.4, -0.2) is 80.9 Å². The zero-order chi connectivity index (χ0) is 33.3. The van der Waals surface area contributed by atoms with E-state index in [1.807, 2.05) is 52.1 Å². The number of hydrogen-bond acceptors (Lipinski definition) is 9. The summed E-state index contributed by atoms with van der Waals surface area (Å²) in [5.74, 6) is -0.134. The van der Waals surface area contributed by atoms with E-state index in [1.165, 1.54) is 6.20 Å². The van der Waals surface area contributed by atoms with E-state index in [2.05, 4.69) is 30.2 Å². The SMILES string of the molecule is Cc1ccc(-c2noc(C3CC(OC(F)(F)F)C3)n2)cc1NC(=O)c1cnn2ccc(N3CC4(CN(C(=O)OC(C)(C)C)C4)C3)cc12. The lowest BCUT2D eigenvalue weighted by atomic mass is 9.73. The molecule has 3 aliphatic rings. The fourth-order valence-electron chi connectivity index (χ4n) is 6.36. The molecular weight excluding hydrogens is 619 g/mol. The zero-order valence-corrected chi connectivity index (χ0v) is 26.3. The fourth-order valence-corrected chi connectivity index (χ4v) is 6.36. The van der Waals surface area contributed by atoms with Gasteiger partial charge in [0.2, 0.25) is 11.7 Å². The molecule has 1 N–H and O–H groups in total. The van der Waals surface area contributed by atoms with Crippen molar-refractivity contribution >= 4 is 28.9 Å². The van der Waals surface area contributed by atoms with Crippen LogP contribution in [0.2, 0.25) is 0 Å². The summed E-state index contributed by atoms with van der Waals surface area (Å²) in [5.41, 5.74) is 3.46. The molecule has 4 aromatic rings. The maximum atomic E-state index is 13.5. The number of benzene rings is 1. The van der Waals surface area contributed by atoms with Crippen molar-refractivity contribution in [2.75, 3.05) is 36.4 Å². The Morgan fingerprint density at radius 1 is 1.06 bits per heavy atom. The standard InChI is InChI=1S/C32H34F3N7O5/c1-18-5-6-19(26-38-28(47-39-26)20-9-22(10-20)45-32(33,34)35)11-24(18)37-27(43)23-13-36-42-8-7-21(12-25(23)42)40-14-31(15-40)16-41(17-31)29(44)46-30(2,3)4/h5-8,11-13,20,22H,9-10,14-17H2,1-4H3,(H,37,43). The van der Waals surface area contributed by atoms with E-state index in [-0.39, 0.29) is 47.9 Å². The molecule has 15 heteroatoms. The smallest absolute Gasteiger partial charge is 0.444 e. The van der Waals surface area contributed by atoms with Crippen molar-refractivity contribution in [1.29, 1.82) is 0 Å². The summed E-state index contributed by atoms with van der Waals surface area (Å²) in [6, 6.07) is 9.23. The number of amides is 2. The molecule has 3 fully saturated rings. The third kappa shape index (κ3) is 6.23. The molecule has 0 atom stereocenters. The Kier molecular flexibility index (Phi) is 7.22. The molecule has 5 heterocycles. The van der Waals surface area contributed by atoms with Crippen LogP contribution >= 0.6 is 0 Å². The van der Waals surface area contributed by atoms with E-state index in [1.54, 1.807) is 21.5 Å². The first kappa shape index (κ1) is 31.0. The second-order valence-electron chi connectivity index (χ2n) is 13.8. The molecule has 12 nitrogen and oxygen atoms in total. The third-order valence-electron chi connectivity index (χ3n) is 8.80. The van der Waals surface area contributed by atoms with Crippen LogP contribution in [0.25, 0.3) is 16.9 Å². The molecule has 2 aliphatic heterocycles. The molecule has 2 amide bonds. The van der Waals surface area contributed by atoms with Gasteiger partial charge in [-0.1, -0.05) is 17.3 Å². The van der Waals surface area contributed by atoms with Gasteiger partial charge in [0, 0.05) is 60.6 Å². The number of aryl methyl sites for hydroxylation is 1. The van der Waals surface area contributed by atoms with Crippen LogP contribution in [0.4, 0.5) is 29.3 Å². The van der Waals surface area contributed by atoms with Crippen LogP contribution in [0, 0.1) is 12.3 Å². The number of anilines is 2. The molecule has 1 spiro atoms. The first-order chi connectivity index (χ1) is 22.1. The van der Waals surface area contributed by atoms with Crippen LogP contribution in [0.15, 0.2) is 47.2 Å². The van der Waals surface area contributed by atoms with Crippen LogP contribution in [0.1, 0.15) is 61.3 Å². The minimum absolute atomic E-state index is 0.0489. The molecule has 0 radical (unpaired) electrons. The average Bonchev–Trinajstić information content (AvgIpc) is 3.56.